The smallest absolute Gasteiger partial charge is 0.214 e. The Morgan fingerprint density at radius 3 is 2.80 bits per heavy atom. The molecule has 1 aliphatic carbocycles. The predicted octanol–water partition coefficient (Wildman–Crippen LogP) is 2.20. The maximum atomic E-state index is 9.06. The number of aromatic nitrogens is 1. The second-order valence-electron chi connectivity index (χ2n) is 4.14. The predicted molar refractivity (Wildman–Crippen MR) is 57.8 cm³/mol. The van der Waals surface area contributed by atoms with Crippen molar-refractivity contribution >= 4 is 0 Å². The third-order valence-corrected chi connectivity index (χ3v) is 2.76. The van der Waals surface area contributed by atoms with Crippen LogP contribution in [0.1, 0.15) is 36.9 Å². The molecule has 2 rings (SSSR count). The highest BCUT2D eigenvalue weighted by Crippen LogP contribution is 2.23. The summed E-state index contributed by atoms with van der Waals surface area (Å²) in [7, 11) is 0. The third kappa shape index (κ3) is 2.69. The van der Waals surface area contributed by atoms with Crippen molar-refractivity contribution in [2.24, 2.45) is 0 Å². The highest BCUT2D eigenvalue weighted by Gasteiger charge is 2.17. The van der Waals surface area contributed by atoms with E-state index in [0.29, 0.717) is 12.0 Å². The van der Waals surface area contributed by atoms with Crippen LogP contribution in [-0.4, -0.2) is 16.2 Å². The van der Waals surface area contributed by atoms with Crippen LogP contribution in [0.2, 0.25) is 0 Å². The molecule has 0 spiro atoms. The van der Waals surface area contributed by atoms with E-state index in [4.69, 9.17) is 9.84 Å². The van der Waals surface area contributed by atoms with Crippen LogP contribution in [0.25, 0.3) is 0 Å². The van der Waals surface area contributed by atoms with Crippen molar-refractivity contribution < 1.29 is 9.84 Å². The molecule has 82 valence electrons. The molecule has 1 N–H and O–H groups in total. The third-order valence-electron chi connectivity index (χ3n) is 2.76. The van der Waals surface area contributed by atoms with Crippen LogP contribution >= 0.6 is 0 Å². The van der Waals surface area contributed by atoms with Crippen molar-refractivity contribution in [1.82, 2.24) is 4.98 Å². The zero-order valence-corrected chi connectivity index (χ0v) is 9.07. The zero-order valence-electron chi connectivity index (χ0n) is 9.07. The van der Waals surface area contributed by atoms with Crippen molar-refractivity contribution in [3.63, 3.8) is 0 Å². The molecule has 3 nitrogen and oxygen atoms in total. The number of aliphatic hydroxyl groups is 1. The second-order valence-corrected chi connectivity index (χ2v) is 4.14. The molecule has 0 unspecified atom stereocenters. The van der Waals surface area contributed by atoms with E-state index in [0.717, 1.165) is 24.1 Å². The van der Waals surface area contributed by atoms with Gasteiger partial charge in [0.25, 0.3) is 0 Å². The van der Waals surface area contributed by atoms with Gasteiger partial charge in [-0.1, -0.05) is 0 Å². The summed E-state index contributed by atoms with van der Waals surface area (Å²) < 4.78 is 5.78. The lowest BCUT2D eigenvalue weighted by Crippen LogP contribution is -2.12. The van der Waals surface area contributed by atoms with Gasteiger partial charge >= 0.3 is 0 Å². The van der Waals surface area contributed by atoms with Crippen LogP contribution in [0.15, 0.2) is 12.1 Å². The van der Waals surface area contributed by atoms with Gasteiger partial charge in [0.15, 0.2) is 0 Å². The quantitative estimate of drug-likeness (QED) is 0.826. The van der Waals surface area contributed by atoms with Crippen LogP contribution in [-0.2, 0) is 6.61 Å². The minimum absolute atomic E-state index is 0.0460. The first-order chi connectivity index (χ1) is 7.28. The Morgan fingerprint density at radius 1 is 1.40 bits per heavy atom. The SMILES string of the molecule is Cc1cc(CO)cc(OC2CCCC2)n1. The van der Waals surface area contributed by atoms with Crippen LogP contribution in [0.3, 0.4) is 0 Å². The molecule has 1 heterocycles. The topological polar surface area (TPSA) is 42.4 Å². The van der Waals surface area contributed by atoms with Gasteiger partial charge in [-0.15, -0.1) is 0 Å². The Morgan fingerprint density at radius 2 is 2.13 bits per heavy atom. The van der Waals surface area contributed by atoms with Crippen LogP contribution < -0.4 is 4.74 Å². The molecule has 0 radical (unpaired) electrons. The van der Waals surface area contributed by atoms with Gasteiger partial charge in [-0.3, -0.25) is 0 Å². The van der Waals surface area contributed by atoms with E-state index in [1.54, 1.807) is 0 Å². The van der Waals surface area contributed by atoms with Crippen LogP contribution in [0, 0.1) is 6.92 Å². The van der Waals surface area contributed by atoms with E-state index >= 15 is 0 Å². The average molecular weight is 207 g/mol. The second kappa shape index (κ2) is 4.62. The minimum Gasteiger partial charge on any atom is -0.474 e. The summed E-state index contributed by atoms with van der Waals surface area (Å²) in [4.78, 5) is 4.31. The fourth-order valence-corrected chi connectivity index (χ4v) is 2.04. The number of rotatable bonds is 3. The maximum absolute atomic E-state index is 9.06. The summed E-state index contributed by atoms with van der Waals surface area (Å²) in [5.74, 6) is 0.658. The lowest BCUT2D eigenvalue weighted by Gasteiger charge is -2.13. The van der Waals surface area contributed by atoms with Gasteiger partial charge in [0.05, 0.1) is 6.61 Å². The van der Waals surface area contributed by atoms with E-state index in [-0.39, 0.29) is 6.61 Å². The monoisotopic (exact) mass is 207 g/mol. The molecule has 0 saturated heterocycles. The number of pyridine rings is 1. The molecule has 1 aromatic heterocycles. The van der Waals surface area contributed by atoms with Crippen LogP contribution in [0.5, 0.6) is 5.88 Å². The highest BCUT2D eigenvalue weighted by atomic mass is 16.5. The molecule has 1 aliphatic rings. The Kier molecular flexibility index (Phi) is 3.21. The van der Waals surface area contributed by atoms with Crippen molar-refractivity contribution in [1.29, 1.82) is 0 Å². The van der Waals surface area contributed by atoms with Gasteiger partial charge in [0.1, 0.15) is 6.10 Å². The van der Waals surface area contributed by atoms with Gasteiger partial charge in [-0.05, 0) is 44.2 Å². The van der Waals surface area contributed by atoms with Gasteiger partial charge < -0.3 is 9.84 Å². The molecular weight excluding hydrogens is 190 g/mol. The highest BCUT2D eigenvalue weighted by molar-refractivity contribution is 5.24. The standard InChI is InChI=1S/C12H17NO2/c1-9-6-10(8-14)7-12(13-9)15-11-4-2-3-5-11/h6-7,11,14H,2-5,8H2,1H3. The molecule has 1 fully saturated rings. The van der Waals surface area contributed by atoms with E-state index < -0.39 is 0 Å². The fourth-order valence-electron chi connectivity index (χ4n) is 2.04. The summed E-state index contributed by atoms with van der Waals surface area (Å²) in [6.07, 6.45) is 5.09. The van der Waals surface area contributed by atoms with Gasteiger partial charge in [-0.2, -0.15) is 0 Å². The lowest BCUT2D eigenvalue weighted by atomic mass is 10.2. The molecule has 3 heteroatoms. The molecular formula is C12H17NO2. The summed E-state index contributed by atoms with van der Waals surface area (Å²) in [6.45, 7) is 1.96. The normalized spacial score (nSPS) is 16.9. The van der Waals surface area contributed by atoms with Gasteiger partial charge in [-0.25, -0.2) is 4.98 Å². The molecule has 0 aliphatic heterocycles. The molecule has 0 bridgehead atoms. The Balaban J connectivity index is 2.09. The Labute approximate surface area is 90.1 Å². The number of hydrogen-bond donors (Lipinski definition) is 1. The maximum Gasteiger partial charge on any atom is 0.214 e. The van der Waals surface area contributed by atoms with E-state index in [9.17, 15) is 0 Å². The van der Waals surface area contributed by atoms with Crippen LogP contribution in [0.4, 0.5) is 0 Å². The molecule has 1 saturated carbocycles. The first-order valence-corrected chi connectivity index (χ1v) is 5.53. The molecule has 1 aromatic rings. The first kappa shape index (κ1) is 10.4. The van der Waals surface area contributed by atoms with Gasteiger partial charge in [0.2, 0.25) is 5.88 Å². The largest absolute Gasteiger partial charge is 0.474 e. The van der Waals surface area contributed by atoms with Crippen molar-refractivity contribution in [2.45, 2.75) is 45.3 Å². The number of hydrogen-bond acceptors (Lipinski definition) is 3. The molecule has 0 amide bonds. The summed E-state index contributed by atoms with van der Waals surface area (Å²) in [5, 5.41) is 9.06. The molecule has 15 heavy (non-hydrogen) atoms. The lowest BCUT2D eigenvalue weighted by molar-refractivity contribution is 0.200. The number of aryl methyl sites for hydroxylation is 1. The fraction of sp³-hybridized carbons (Fsp3) is 0.583. The summed E-state index contributed by atoms with van der Waals surface area (Å²) in [6, 6.07) is 3.70. The van der Waals surface area contributed by atoms with Crippen molar-refractivity contribution in [3.8, 4) is 5.88 Å². The Hall–Kier alpha value is -1.09. The van der Waals surface area contributed by atoms with Crippen molar-refractivity contribution in [2.75, 3.05) is 0 Å². The molecule has 0 aromatic carbocycles. The Bertz CT molecular complexity index is 332. The first-order valence-electron chi connectivity index (χ1n) is 5.53. The number of ether oxygens (including phenoxy) is 1. The zero-order chi connectivity index (χ0) is 10.7. The average Bonchev–Trinajstić information content (AvgIpc) is 2.69. The van der Waals surface area contributed by atoms with Crippen molar-refractivity contribution in [3.05, 3.63) is 23.4 Å². The number of aliphatic hydroxyl groups excluding tert-OH is 1. The number of nitrogens with zero attached hydrogens (tertiary/aromatic N) is 1. The molecule has 0 atom stereocenters. The summed E-state index contributed by atoms with van der Waals surface area (Å²) in [5.41, 5.74) is 1.77. The van der Waals surface area contributed by atoms with Gasteiger partial charge in [0, 0.05) is 11.8 Å². The van der Waals surface area contributed by atoms with E-state index in [2.05, 4.69) is 4.98 Å². The van der Waals surface area contributed by atoms with E-state index in [1.165, 1.54) is 12.8 Å². The summed E-state index contributed by atoms with van der Waals surface area (Å²) >= 11 is 0. The minimum atomic E-state index is 0.0460. The van der Waals surface area contributed by atoms with E-state index in [1.807, 2.05) is 19.1 Å².